The molecule has 0 aliphatic rings. The Balaban J connectivity index is 2.70. The highest BCUT2D eigenvalue weighted by Crippen LogP contribution is 2.25. The minimum atomic E-state index is -1.44. The lowest BCUT2D eigenvalue weighted by Crippen LogP contribution is -2.12. The molecule has 1 aromatic heterocycles. The molecule has 0 atom stereocenters. The van der Waals surface area contributed by atoms with Crippen LogP contribution < -0.4 is 0 Å². The SMILES string of the molecule is Cc1nc2cccc(C(=O)C(=O)O)c2s1. The molecule has 0 bridgehead atoms. The fraction of sp³-hybridized carbons (Fsp3) is 0.100. The lowest BCUT2D eigenvalue weighted by molar-refractivity contribution is -0.131. The summed E-state index contributed by atoms with van der Waals surface area (Å²) in [6.45, 7) is 1.82. The van der Waals surface area contributed by atoms with Gasteiger partial charge in [0.25, 0.3) is 5.78 Å². The third kappa shape index (κ3) is 1.61. The van der Waals surface area contributed by atoms with E-state index in [1.807, 2.05) is 6.92 Å². The van der Waals surface area contributed by atoms with Gasteiger partial charge in [0.1, 0.15) is 0 Å². The van der Waals surface area contributed by atoms with Crippen molar-refractivity contribution in [2.45, 2.75) is 6.92 Å². The number of aliphatic carboxylic acids is 1. The number of carbonyl (C=O) groups excluding carboxylic acids is 1. The summed E-state index contributed by atoms with van der Waals surface area (Å²) in [6.07, 6.45) is 0. The molecule has 0 unspecified atom stereocenters. The zero-order valence-electron chi connectivity index (χ0n) is 7.85. The van der Waals surface area contributed by atoms with E-state index in [0.29, 0.717) is 10.2 Å². The molecule has 1 heterocycles. The van der Waals surface area contributed by atoms with E-state index in [9.17, 15) is 9.59 Å². The molecule has 0 amide bonds. The maximum Gasteiger partial charge on any atom is 0.377 e. The molecule has 0 aliphatic heterocycles. The molecule has 0 spiro atoms. The Kier molecular flexibility index (Phi) is 2.24. The van der Waals surface area contributed by atoms with Crippen LogP contribution in [-0.4, -0.2) is 21.8 Å². The average Bonchev–Trinajstić information content (AvgIpc) is 2.56. The highest BCUT2D eigenvalue weighted by Gasteiger charge is 2.18. The highest BCUT2D eigenvalue weighted by molar-refractivity contribution is 7.19. The zero-order valence-corrected chi connectivity index (χ0v) is 8.67. The number of Topliss-reactive ketones (excluding diaryl/α,β-unsaturated/α-hetero) is 1. The quantitative estimate of drug-likeness (QED) is 0.621. The third-order valence-corrected chi connectivity index (χ3v) is 2.98. The van der Waals surface area contributed by atoms with Crippen LogP contribution in [0.3, 0.4) is 0 Å². The number of carboxylic acids is 1. The van der Waals surface area contributed by atoms with Crippen molar-refractivity contribution in [2.75, 3.05) is 0 Å². The number of aromatic nitrogens is 1. The maximum atomic E-state index is 11.3. The van der Waals surface area contributed by atoms with Crippen LogP contribution in [-0.2, 0) is 4.79 Å². The van der Waals surface area contributed by atoms with Gasteiger partial charge in [0.15, 0.2) is 0 Å². The summed E-state index contributed by atoms with van der Waals surface area (Å²) in [5.74, 6) is -2.32. The molecule has 4 nitrogen and oxygen atoms in total. The number of hydrogen-bond acceptors (Lipinski definition) is 4. The molecule has 1 N–H and O–H groups in total. The Morgan fingerprint density at radius 1 is 1.40 bits per heavy atom. The smallest absolute Gasteiger partial charge is 0.377 e. The first-order valence-electron chi connectivity index (χ1n) is 4.23. The number of benzene rings is 1. The van der Waals surface area contributed by atoms with Crippen LogP contribution in [0.1, 0.15) is 15.4 Å². The van der Waals surface area contributed by atoms with Crippen molar-refractivity contribution >= 4 is 33.3 Å². The van der Waals surface area contributed by atoms with Crippen molar-refractivity contribution in [1.82, 2.24) is 4.98 Å². The molecule has 0 saturated heterocycles. The van der Waals surface area contributed by atoms with Crippen LogP contribution >= 0.6 is 11.3 Å². The van der Waals surface area contributed by atoms with E-state index in [1.165, 1.54) is 17.4 Å². The van der Waals surface area contributed by atoms with Gasteiger partial charge in [-0.15, -0.1) is 11.3 Å². The topological polar surface area (TPSA) is 67.3 Å². The van der Waals surface area contributed by atoms with E-state index >= 15 is 0 Å². The van der Waals surface area contributed by atoms with E-state index in [-0.39, 0.29) is 5.56 Å². The second kappa shape index (κ2) is 3.43. The first kappa shape index (κ1) is 9.79. The van der Waals surface area contributed by atoms with E-state index < -0.39 is 11.8 Å². The predicted molar refractivity (Wildman–Crippen MR) is 56.3 cm³/mol. The molecule has 1 aromatic carbocycles. The van der Waals surface area contributed by atoms with Crippen LogP contribution in [0.5, 0.6) is 0 Å². The number of thiazole rings is 1. The van der Waals surface area contributed by atoms with Crippen LogP contribution in [0.2, 0.25) is 0 Å². The van der Waals surface area contributed by atoms with Gasteiger partial charge in [-0.1, -0.05) is 6.07 Å². The van der Waals surface area contributed by atoms with Gasteiger partial charge in [-0.3, -0.25) is 4.79 Å². The van der Waals surface area contributed by atoms with Crippen LogP contribution in [0, 0.1) is 6.92 Å². The molecule has 0 radical (unpaired) electrons. The standard InChI is InChI=1S/C10H7NO3S/c1-5-11-7-4-2-3-6(9(7)15-5)8(12)10(13)14/h2-4H,1H3,(H,13,14). The number of nitrogens with zero attached hydrogens (tertiary/aromatic N) is 1. The number of rotatable bonds is 2. The second-order valence-corrected chi connectivity index (χ2v) is 4.22. The largest absolute Gasteiger partial charge is 0.475 e. The summed E-state index contributed by atoms with van der Waals surface area (Å²) in [5, 5.41) is 9.45. The lowest BCUT2D eigenvalue weighted by atomic mass is 10.1. The van der Waals surface area contributed by atoms with Gasteiger partial charge in [0, 0.05) is 5.56 Å². The molecule has 5 heteroatoms. The fourth-order valence-electron chi connectivity index (χ4n) is 1.35. The minimum absolute atomic E-state index is 0.214. The highest BCUT2D eigenvalue weighted by atomic mass is 32.1. The third-order valence-electron chi connectivity index (χ3n) is 1.96. The minimum Gasteiger partial charge on any atom is -0.475 e. The van der Waals surface area contributed by atoms with Crippen molar-refractivity contribution in [2.24, 2.45) is 0 Å². The van der Waals surface area contributed by atoms with Gasteiger partial charge in [-0.25, -0.2) is 9.78 Å². The number of fused-ring (bicyclic) bond motifs is 1. The van der Waals surface area contributed by atoms with Crippen molar-refractivity contribution < 1.29 is 14.7 Å². The van der Waals surface area contributed by atoms with Crippen molar-refractivity contribution in [1.29, 1.82) is 0 Å². The van der Waals surface area contributed by atoms with E-state index in [0.717, 1.165) is 5.01 Å². The summed E-state index contributed by atoms with van der Waals surface area (Å²) in [5.41, 5.74) is 0.884. The molecule has 15 heavy (non-hydrogen) atoms. The Labute approximate surface area is 89.2 Å². The number of carboxylic acid groups (broad SMARTS) is 1. The molecule has 2 aromatic rings. The van der Waals surface area contributed by atoms with Crippen molar-refractivity contribution in [3.05, 3.63) is 28.8 Å². The number of aryl methyl sites for hydroxylation is 1. The van der Waals surface area contributed by atoms with E-state index in [1.54, 1.807) is 12.1 Å². The lowest BCUT2D eigenvalue weighted by Gasteiger charge is -1.96. The molecular formula is C10H7NO3S. The molecule has 0 aliphatic carbocycles. The van der Waals surface area contributed by atoms with Crippen LogP contribution in [0.25, 0.3) is 10.2 Å². The second-order valence-electron chi connectivity index (χ2n) is 3.02. The number of ketones is 1. The number of carbonyl (C=O) groups is 2. The first-order valence-corrected chi connectivity index (χ1v) is 5.05. The maximum absolute atomic E-state index is 11.3. The molecule has 2 rings (SSSR count). The Morgan fingerprint density at radius 3 is 2.80 bits per heavy atom. The Morgan fingerprint density at radius 2 is 2.13 bits per heavy atom. The normalized spacial score (nSPS) is 10.5. The van der Waals surface area contributed by atoms with Crippen molar-refractivity contribution in [3.8, 4) is 0 Å². The fourth-order valence-corrected chi connectivity index (χ4v) is 2.28. The predicted octanol–water partition coefficient (Wildman–Crippen LogP) is 1.87. The van der Waals surface area contributed by atoms with Gasteiger partial charge >= 0.3 is 5.97 Å². The zero-order chi connectivity index (χ0) is 11.0. The molecule has 76 valence electrons. The van der Waals surface area contributed by atoms with E-state index in [2.05, 4.69) is 4.98 Å². The molecule has 0 saturated carbocycles. The monoisotopic (exact) mass is 221 g/mol. The van der Waals surface area contributed by atoms with Crippen molar-refractivity contribution in [3.63, 3.8) is 0 Å². The summed E-state index contributed by atoms with van der Waals surface area (Å²) in [7, 11) is 0. The summed E-state index contributed by atoms with van der Waals surface area (Å²) < 4.78 is 0.641. The van der Waals surface area contributed by atoms with Gasteiger partial charge in [0.2, 0.25) is 0 Å². The van der Waals surface area contributed by atoms with Gasteiger partial charge < -0.3 is 5.11 Å². The van der Waals surface area contributed by atoms with Gasteiger partial charge in [-0.05, 0) is 19.1 Å². The number of hydrogen-bond donors (Lipinski definition) is 1. The van der Waals surface area contributed by atoms with E-state index in [4.69, 9.17) is 5.11 Å². The van der Waals surface area contributed by atoms with Gasteiger partial charge in [-0.2, -0.15) is 0 Å². The van der Waals surface area contributed by atoms with Crippen LogP contribution in [0.15, 0.2) is 18.2 Å². The Bertz CT molecular complexity index is 559. The average molecular weight is 221 g/mol. The summed E-state index contributed by atoms with van der Waals surface area (Å²) >= 11 is 1.33. The first-order chi connectivity index (χ1) is 7.09. The van der Waals surface area contributed by atoms with Gasteiger partial charge in [0.05, 0.1) is 15.2 Å². The molecule has 0 fully saturated rings. The molecular weight excluding hydrogens is 214 g/mol. The van der Waals surface area contributed by atoms with Crippen LogP contribution in [0.4, 0.5) is 0 Å². The Hall–Kier alpha value is -1.75. The summed E-state index contributed by atoms with van der Waals surface area (Å²) in [4.78, 5) is 26.1. The summed E-state index contributed by atoms with van der Waals surface area (Å²) in [6, 6.07) is 4.91.